The summed E-state index contributed by atoms with van der Waals surface area (Å²) in [5.74, 6) is -0.718. The topological polar surface area (TPSA) is 59.1 Å². The molecule has 0 unspecified atom stereocenters. The number of aliphatic carboxylic acids is 1. The molecule has 5 nitrogen and oxygen atoms in total. The number of rotatable bonds is 4. The van der Waals surface area contributed by atoms with Crippen LogP contribution in [-0.2, 0) is 11.3 Å². The SMILES string of the molecule is O=C(O)[C@@H]1CCCC[C@H]1[NH+]1CC[NH+](Cc2cnc3ccccc3c2)CC1. The van der Waals surface area contributed by atoms with Crippen molar-refractivity contribution >= 4 is 16.9 Å². The number of piperazine rings is 1. The molecule has 2 aromatic rings. The summed E-state index contributed by atoms with van der Waals surface area (Å²) in [6.07, 6.45) is 6.22. The number of fused-ring (bicyclic) bond motifs is 1. The summed E-state index contributed by atoms with van der Waals surface area (Å²) in [6, 6.07) is 10.8. The standard InChI is InChI=1S/C21H27N3O2/c25-21(26)18-6-2-4-8-20(18)24-11-9-23(10-12-24)15-16-13-17-5-1-3-7-19(17)22-14-16/h1,3,5,7,13-14,18,20H,2,4,6,8-12,15H2,(H,25,26)/p+2/t18-,20-/m1/s1. The van der Waals surface area contributed by atoms with E-state index in [0.29, 0.717) is 6.04 Å². The highest BCUT2D eigenvalue weighted by molar-refractivity contribution is 5.78. The van der Waals surface area contributed by atoms with Gasteiger partial charge in [-0.15, -0.1) is 0 Å². The van der Waals surface area contributed by atoms with Crippen molar-refractivity contribution in [2.75, 3.05) is 26.2 Å². The summed E-state index contributed by atoms with van der Waals surface area (Å²) in [4.78, 5) is 19.3. The monoisotopic (exact) mass is 355 g/mol. The molecule has 4 rings (SSSR count). The number of nitrogens with one attached hydrogen (secondary N) is 2. The third-order valence-electron chi connectivity index (χ3n) is 6.31. The fourth-order valence-corrected chi connectivity index (χ4v) is 4.89. The Bertz CT molecular complexity index is 771. The Labute approximate surface area is 154 Å². The van der Waals surface area contributed by atoms with E-state index in [1.165, 1.54) is 22.3 Å². The molecule has 2 atom stereocenters. The Kier molecular flexibility index (Phi) is 5.18. The Morgan fingerprint density at radius 3 is 2.69 bits per heavy atom. The van der Waals surface area contributed by atoms with E-state index in [1.54, 1.807) is 4.90 Å². The molecule has 0 amide bonds. The number of quaternary nitrogens is 2. The third kappa shape index (κ3) is 3.74. The molecular formula is C21H29N3O2+2. The lowest BCUT2D eigenvalue weighted by molar-refractivity contribution is -1.03. The molecule has 2 heterocycles. The van der Waals surface area contributed by atoms with Crippen molar-refractivity contribution in [1.82, 2.24) is 4.98 Å². The van der Waals surface area contributed by atoms with Gasteiger partial charge in [-0.2, -0.15) is 0 Å². The minimum atomic E-state index is -0.584. The maximum atomic E-state index is 11.6. The number of hydrogen-bond acceptors (Lipinski definition) is 2. The molecule has 0 radical (unpaired) electrons. The first kappa shape index (κ1) is 17.4. The Morgan fingerprint density at radius 2 is 1.88 bits per heavy atom. The number of benzene rings is 1. The van der Waals surface area contributed by atoms with Crippen LogP contribution in [-0.4, -0.2) is 48.3 Å². The van der Waals surface area contributed by atoms with Gasteiger partial charge in [-0.3, -0.25) is 9.78 Å². The lowest BCUT2D eigenvalue weighted by atomic mass is 9.83. The van der Waals surface area contributed by atoms with Gasteiger partial charge in [0.1, 0.15) is 44.7 Å². The number of nitrogens with zero attached hydrogens (tertiary/aromatic N) is 1. The van der Waals surface area contributed by atoms with Gasteiger partial charge in [0.05, 0.1) is 5.52 Å². The number of hydrogen-bond donors (Lipinski definition) is 3. The Balaban J connectivity index is 1.36. The molecule has 138 valence electrons. The summed E-state index contributed by atoms with van der Waals surface area (Å²) in [5, 5.41) is 10.8. The van der Waals surface area contributed by atoms with Crippen molar-refractivity contribution < 1.29 is 19.7 Å². The highest BCUT2D eigenvalue weighted by Gasteiger charge is 2.40. The molecule has 0 bridgehead atoms. The van der Waals surface area contributed by atoms with E-state index in [0.717, 1.165) is 57.5 Å². The summed E-state index contributed by atoms with van der Waals surface area (Å²) < 4.78 is 0. The first-order valence-electron chi connectivity index (χ1n) is 9.95. The van der Waals surface area contributed by atoms with Crippen LogP contribution in [0.25, 0.3) is 10.9 Å². The molecule has 5 heteroatoms. The van der Waals surface area contributed by atoms with Crippen LogP contribution in [0.5, 0.6) is 0 Å². The van der Waals surface area contributed by atoms with Gasteiger partial charge in [0.15, 0.2) is 0 Å². The van der Waals surface area contributed by atoms with Gasteiger partial charge in [0, 0.05) is 23.6 Å². The van der Waals surface area contributed by atoms with Crippen LogP contribution < -0.4 is 9.80 Å². The predicted molar refractivity (Wildman–Crippen MR) is 100 cm³/mol. The molecule has 1 aromatic heterocycles. The van der Waals surface area contributed by atoms with Crippen molar-refractivity contribution in [2.24, 2.45) is 5.92 Å². The molecule has 0 spiro atoms. The van der Waals surface area contributed by atoms with E-state index >= 15 is 0 Å². The second kappa shape index (κ2) is 7.72. The molecule has 2 fully saturated rings. The summed E-state index contributed by atoms with van der Waals surface area (Å²) in [6.45, 7) is 5.42. The average molecular weight is 355 g/mol. The molecule has 1 aliphatic carbocycles. The second-order valence-electron chi connectivity index (χ2n) is 7.96. The van der Waals surface area contributed by atoms with Gasteiger partial charge in [-0.1, -0.05) is 24.6 Å². The fourth-order valence-electron chi connectivity index (χ4n) is 4.89. The summed E-state index contributed by atoms with van der Waals surface area (Å²) in [5.41, 5.74) is 2.35. The number of pyridine rings is 1. The third-order valence-corrected chi connectivity index (χ3v) is 6.31. The Morgan fingerprint density at radius 1 is 1.12 bits per heavy atom. The van der Waals surface area contributed by atoms with Gasteiger partial charge < -0.3 is 14.9 Å². The minimum absolute atomic E-state index is 0.134. The first-order valence-corrected chi connectivity index (χ1v) is 9.95. The quantitative estimate of drug-likeness (QED) is 0.732. The smallest absolute Gasteiger partial charge is 0.312 e. The normalized spacial score (nSPS) is 29.5. The number of aromatic nitrogens is 1. The zero-order chi connectivity index (χ0) is 17.9. The van der Waals surface area contributed by atoms with E-state index in [9.17, 15) is 9.90 Å². The van der Waals surface area contributed by atoms with Crippen molar-refractivity contribution in [2.45, 2.75) is 38.3 Å². The Hall–Kier alpha value is -1.98. The van der Waals surface area contributed by atoms with Gasteiger partial charge in [-0.25, -0.2) is 0 Å². The van der Waals surface area contributed by atoms with Crippen LogP contribution >= 0.6 is 0 Å². The maximum Gasteiger partial charge on any atom is 0.312 e. The first-order chi connectivity index (χ1) is 12.7. The van der Waals surface area contributed by atoms with Crippen molar-refractivity contribution in [3.8, 4) is 0 Å². The summed E-state index contributed by atoms with van der Waals surface area (Å²) >= 11 is 0. The molecule has 1 saturated carbocycles. The molecular weight excluding hydrogens is 326 g/mol. The number of carbonyl (C=O) groups is 1. The molecule has 26 heavy (non-hydrogen) atoms. The number of para-hydroxylation sites is 1. The zero-order valence-corrected chi connectivity index (χ0v) is 15.3. The molecule has 1 aliphatic heterocycles. The van der Waals surface area contributed by atoms with E-state index in [2.05, 4.69) is 29.2 Å². The fraction of sp³-hybridized carbons (Fsp3) is 0.524. The lowest BCUT2D eigenvalue weighted by Gasteiger charge is -2.38. The van der Waals surface area contributed by atoms with Gasteiger partial charge >= 0.3 is 5.97 Å². The predicted octanol–water partition coefficient (Wildman–Crippen LogP) is 0.162. The number of carboxylic acids is 1. The molecule has 3 N–H and O–H groups in total. The molecule has 1 saturated heterocycles. The van der Waals surface area contributed by atoms with Crippen LogP contribution in [0, 0.1) is 5.92 Å². The van der Waals surface area contributed by atoms with Gasteiger partial charge in [-0.05, 0) is 25.0 Å². The minimum Gasteiger partial charge on any atom is -0.481 e. The van der Waals surface area contributed by atoms with Gasteiger partial charge in [0.2, 0.25) is 0 Å². The molecule has 2 aliphatic rings. The second-order valence-corrected chi connectivity index (χ2v) is 7.96. The lowest BCUT2D eigenvalue weighted by Crippen LogP contribution is -3.29. The average Bonchev–Trinajstić information content (AvgIpc) is 2.68. The molecule has 1 aromatic carbocycles. The van der Waals surface area contributed by atoms with Gasteiger partial charge in [0.25, 0.3) is 0 Å². The van der Waals surface area contributed by atoms with Crippen LogP contribution in [0.3, 0.4) is 0 Å². The van der Waals surface area contributed by atoms with E-state index < -0.39 is 5.97 Å². The van der Waals surface area contributed by atoms with Crippen LogP contribution in [0.2, 0.25) is 0 Å². The van der Waals surface area contributed by atoms with E-state index in [1.807, 2.05) is 12.3 Å². The maximum absolute atomic E-state index is 11.6. The largest absolute Gasteiger partial charge is 0.481 e. The highest BCUT2D eigenvalue weighted by atomic mass is 16.4. The highest BCUT2D eigenvalue weighted by Crippen LogP contribution is 2.23. The number of carboxylic acid groups (broad SMARTS) is 1. The van der Waals surface area contributed by atoms with E-state index in [4.69, 9.17) is 0 Å². The van der Waals surface area contributed by atoms with E-state index in [-0.39, 0.29) is 5.92 Å². The summed E-state index contributed by atoms with van der Waals surface area (Å²) in [7, 11) is 0. The zero-order valence-electron chi connectivity index (χ0n) is 15.3. The van der Waals surface area contributed by atoms with Crippen molar-refractivity contribution in [1.29, 1.82) is 0 Å². The van der Waals surface area contributed by atoms with Crippen LogP contribution in [0.1, 0.15) is 31.2 Å². The van der Waals surface area contributed by atoms with Crippen LogP contribution in [0.4, 0.5) is 0 Å². The van der Waals surface area contributed by atoms with Crippen molar-refractivity contribution in [3.63, 3.8) is 0 Å². The van der Waals surface area contributed by atoms with Crippen molar-refractivity contribution in [3.05, 3.63) is 42.1 Å². The van der Waals surface area contributed by atoms with Crippen LogP contribution in [0.15, 0.2) is 36.5 Å².